The Hall–Kier alpha value is -0.620. The average molecular weight is 330 g/mol. The number of hydrogen-bond donors (Lipinski definition) is 2. The number of anilines is 1. The smallest absolute Gasteiger partial charge is 0.231 e. The van der Waals surface area contributed by atoms with E-state index in [1.807, 2.05) is 19.1 Å². The molecule has 0 aliphatic heterocycles. The van der Waals surface area contributed by atoms with E-state index in [9.17, 15) is 4.79 Å². The molecule has 16 heavy (non-hydrogen) atoms. The molecule has 3 N–H and O–H groups in total. The van der Waals surface area contributed by atoms with Crippen LogP contribution in [-0.4, -0.2) is 12.5 Å². The van der Waals surface area contributed by atoms with Gasteiger partial charge in [0.2, 0.25) is 5.91 Å². The number of carbonyl (C=O) groups excluding carboxylic acids is 1. The third kappa shape index (κ3) is 2.22. The van der Waals surface area contributed by atoms with Gasteiger partial charge in [-0.3, -0.25) is 4.79 Å². The van der Waals surface area contributed by atoms with Crippen LogP contribution < -0.4 is 11.1 Å². The molecule has 2 rings (SSSR count). The zero-order valence-corrected chi connectivity index (χ0v) is 11.4. The van der Waals surface area contributed by atoms with Gasteiger partial charge in [0, 0.05) is 15.8 Å². The third-order valence-corrected chi connectivity index (χ3v) is 3.83. The maximum Gasteiger partial charge on any atom is 0.231 e. The molecule has 0 spiro atoms. The van der Waals surface area contributed by atoms with Crippen molar-refractivity contribution < 1.29 is 4.79 Å². The number of rotatable bonds is 3. The number of hydrogen-bond acceptors (Lipinski definition) is 2. The summed E-state index contributed by atoms with van der Waals surface area (Å²) in [6.07, 6.45) is 1.83. The molecule has 0 heterocycles. The zero-order chi connectivity index (χ0) is 11.8. The topological polar surface area (TPSA) is 55.1 Å². The molecule has 1 aliphatic carbocycles. The molecule has 0 saturated heterocycles. The van der Waals surface area contributed by atoms with Gasteiger partial charge < -0.3 is 11.1 Å². The van der Waals surface area contributed by atoms with Crippen molar-refractivity contribution in [1.29, 1.82) is 0 Å². The summed E-state index contributed by atoms with van der Waals surface area (Å²) in [4.78, 5) is 12.0. The van der Waals surface area contributed by atoms with Crippen LogP contribution in [0, 0.1) is 15.9 Å². The molecular weight excluding hydrogens is 315 g/mol. The van der Waals surface area contributed by atoms with Gasteiger partial charge >= 0.3 is 0 Å². The van der Waals surface area contributed by atoms with Crippen molar-refractivity contribution >= 4 is 34.2 Å². The quantitative estimate of drug-likeness (QED) is 0.836. The molecule has 1 amide bonds. The Morgan fingerprint density at radius 2 is 2.25 bits per heavy atom. The monoisotopic (exact) mass is 330 g/mol. The van der Waals surface area contributed by atoms with Gasteiger partial charge in [-0.2, -0.15) is 0 Å². The van der Waals surface area contributed by atoms with E-state index in [0.29, 0.717) is 6.54 Å². The second-order valence-electron chi connectivity index (χ2n) is 4.40. The van der Waals surface area contributed by atoms with E-state index in [0.717, 1.165) is 24.1 Å². The third-order valence-electron chi connectivity index (χ3n) is 3.16. The SMILES string of the molecule is Cc1cc(I)ccc1NC(=O)C1(CN)CC1. The molecule has 0 bridgehead atoms. The van der Waals surface area contributed by atoms with Gasteiger partial charge in [0.1, 0.15) is 0 Å². The van der Waals surface area contributed by atoms with Crippen LogP contribution in [0.4, 0.5) is 5.69 Å². The van der Waals surface area contributed by atoms with Gasteiger partial charge in [0.05, 0.1) is 5.41 Å². The van der Waals surface area contributed by atoms with Crippen molar-refractivity contribution in [1.82, 2.24) is 0 Å². The Morgan fingerprint density at radius 1 is 1.56 bits per heavy atom. The molecule has 1 saturated carbocycles. The van der Waals surface area contributed by atoms with Crippen LogP contribution in [0.15, 0.2) is 18.2 Å². The molecule has 86 valence electrons. The van der Waals surface area contributed by atoms with Crippen molar-refractivity contribution in [2.45, 2.75) is 19.8 Å². The van der Waals surface area contributed by atoms with Crippen LogP contribution in [0.25, 0.3) is 0 Å². The molecule has 1 aromatic rings. The molecule has 0 radical (unpaired) electrons. The first-order chi connectivity index (χ1) is 7.57. The van der Waals surface area contributed by atoms with Crippen molar-refractivity contribution in [3.63, 3.8) is 0 Å². The van der Waals surface area contributed by atoms with E-state index in [1.165, 1.54) is 3.57 Å². The molecule has 1 aromatic carbocycles. The first-order valence-corrected chi connectivity index (χ1v) is 6.43. The highest BCUT2D eigenvalue weighted by molar-refractivity contribution is 14.1. The number of amides is 1. The summed E-state index contributed by atoms with van der Waals surface area (Å²) in [5, 5.41) is 2.97. The van der Waals surface area contributed by atoms with Gasteiger partial charge in [0.25, 0.3) is 0 Å². The van der Waals surface area contributed by atoms with E-state index in [4.69, 9.17) is 5.73 Å². The van der Waals surface area contributed by atoms with E-state index in [-0.39, 0.29) is 11.3 Å². The lowest BCUT2D eigenvalue weighted by Gasteiger charge is -2.14. The minimum Gasteiger partial charge on any atom is -0.329 e. The van der Waals surface area contributed by atoms with Crippen LogP contribution in [0.1, 0.15) is 18.4 Å². The number of nitrogens with one attached hydrogen (secondary N) is 1. The van der Waals surface area contributed by atoms with Crippen LogP contribution >= 0.6 is 22.6 Å². The molecule has 4 heteroatoms. The van der Waals surface area contributed by atoms with Gasteiger partial charge in [-0.05, 0) is 66.1 Å². The average Bonchev–Trinajstić information content (AvgIpc) is 3.03. The van der Waals surface area contributed by atoms with E-state index >= 15 is 0 Å². The summed E-state index contributed by atoms with van der Waals surface area (Å²) in [7, 11) is 0. The molecule has 0 unspecified atom stereocenters. The number of nitrogens with two attached hydrogens (primary N) is 1. The van der Waals surface area contributed by atoms with Crippen molar-refractivity contribution in [3.05, 3.63) is 27.3 Å². The van der Waals surface area contributed by atoms with Crippen LogP contribution in [0.5, 0.6) is 0 Å². The minimum atomic E-state index is -0.282. The van der Waals surface area contributed by atoms with Gasteiger partial charge in [0.15, 0.2) is 0 Å². The molecule has 3 nitrogen and oxygen atoms in total. The Bertz CT molecular complexity index is 427. The molecule has 0 atom stereocenters. The first-order valence-electron chi connectivity index (χ1n) is 5.35. The van der Waals surface area contributed by atoms with Gasteiger partial charge in [-0.25, -0.2) is 0 Å². The fourth-order valence-corrected chi connectivity index (χ4v) is 2.34. The van der Waals surface area contributed by atoms with Crippen molar-refractivity contribution in [2.75, 3.05) is 11.9 Å². The Morgan fingerprint density at radius 3 is 2.75 bits per heavy atom. The maximum atomic E-state index is 12.0. The number of aryl methyl sites for hydroxylation is 1. The number of benzene rings is 1. The lowest BCUT2D eigenvalue weighted by atomic mass is 10.1. The Labute approximate surface area is 109 Å². The Balaban J connectivity index is 2.12. The highest BCUT2D eigenvalue weighted by atomic mass is 127. The highest BCUT2D eigenvalue weighted by Crippen LogP contribution is 2.45. The second kappa shape index (κ2) is 4.33. The summed E-state index contributed by atoms with van der Waals surface area (Å²) in [5.74, 6) is 0.0688. The predicted molar refractivity (Wildman–Crippen MR) is 73.2 cm³/mol. The van der Waals surface area contributed by atoms with Gasteiger partial charge in [-0.1, -0.05) is 0 Å². The summed E-state index contributed by atoms with van der Waals surface area (Å²) >= 11 is 2.26. The largest absolute Gasteiger partial charge is 0.329 e. The zero-order valence-electron chi connectivity index (χ0n) is 9.22. The normalized spacial score (nSPS) is 16.9. The molecular formula is C12H15IN2O. The van der Waals surface area contributed by atoms with Crippen molar-refractivity contribution in [3.8, 4) is 0 Å². The predicted octanol–water partition coefficient (Wildman–Crippen LogP) is 2.28. The van der Waals surface area contributed by atoms with Gasteiger partial charge in [-0.15, -0.1) is 0 Å². The fraction of sp³-hybridized carbons (Fsp3) is 0.417. The summed E-state index contributed by atoms with van der Waals surface area (Å²) in [5.41, 5.74) is 7.33. The maximum absolute atomic E-state index is 12.0. The highest BCUT2D eigenvalue weighted by Gasteiger charge is 2.48. The molecule has 1 fully saturated rings. The molecule has 0 aromatic heterocycles. The van der Waals surface area contributed by atoms with E-state index in [2.05, 4.69) is 34.0 Å². The first kappa shape index (κ1) is 11.9. The summed E-state index contributed by atoms with van der Waals surface area (Å²) < 4.78 is 1.17. The minimum absolute atomic E-state index is 0.0688. The fourth-order valence-electron chi connectivity index (χ4n) is 1.70. The standard InChI is InChI=1S/C12H15IN2O/c1-8-6-9(13)2-3-10(8)15-11(16)12(7-14)4-5-12/h2-3,6H,4-5,7,14H2,1H3,(H,15,16). The van der Waals surface area contributed by atoms with Crippen molar-refractivity contribution in [2.24, 2.45) is 11.1 Å². The summed E-state index contributed by atoms with van der Waals surface area (Å²) in [6, 6.07) is 5.99. The molecule has 1 aliphatic rings. The van der Waals surface area contributed by atoms with Crippen LogP contribution in [0.3, 0.4) is 0 Å². The number of halogens is 1. The van der Waals surface area contributed by atoms with Crippen LogP contribution in [-0.2, 0) is 4.79 Å². The Kier molecular flexibility index (Phi) is 3.21. The van der Waals surface area contributed by atoms with E-state index < -0.39 is 0 Å². The lowest BCUT2D eigenvalue weighted by molar-refractivity contribution is -0.120. The lowest BCUT2D eigenvalue weighted by Crippen LogP contribution is -2.31. The summed E-state index contributed by atoms with van der Waals surface area (Å²) in [6.45, 7) is 2.45. The second-order valence-corrected chi connectivity index (χ2v) is 5.64. The van der Waals surface area contributed by atoms with Crippen LogP contribution in [0.2, 0.25) is 0 Å². The van der Waals surface area contributed by atoms with E-state index in [1.54, 1.807) is 0 Å². The number of carbonyl (C=O) groups is 1.